The molecule has 2 aliphatic rings. The van der Waals surface area contributed by atoms with Gasteiger partial charge in [-0.15, -0.1) is 0 Å². The second-order valence-corrected chi connectivity index (χ2v) is 13.4. The van der Waals surface area contributed by atoms with Crippen molar-refractivity contribution in [2.24, 2.45) is 11.8 Å². The molecule has 1 saturated heterocycles. The number of likely N-dealkylation sites (N-methyl/N-ethyl adjacent to an activating group) is 2. The molecule has 0 bridgehead atoms. The molecule has 40 heavy (non-hydrogen) atoms. The van der Waals surface area contributed by atoms with E-state index in [4.69, 9.17) is 9.47 Å². The first-order valence-electron chi connectivity index (χ1n) is 14.8. The molecule has 10 heteroatoms. The van der Waals surface area contributed by atoms with Crippen LogP contribution in [0.5, 0.6) is 5.75 Å². The molecule has 0 radical (unpaired) electrons. The predicted molar refractivity (Wildman–Crippen MR) is 161 cm³/mol. The standard InChI is InChI=1S/C18H35N3O2.C12H19NO3S/c1-4-23-15-18(22)20(3)13-16-5-7-17(8-6-16)14-21-11-9-19(2)10-12-21;1-6-13(4)17(14,15)12-9(2)7-11(16-5)8-10(12)3/h16-17H,4-15H2,1-3H3;7-8H,6H2,1-5H3. The van der Waals surface area contributed by atoms with E-state index in [0.717, 1.165) is 12.5 Å². The molecule has 1 aliphatic heterocycles. The molecular formula is C30H54N4O5S. The summed E-state index contributed by atoms with van der Waals surface area (Å²) in [6.07, 6.45) is 5.18. The van der Waals surface area contributed by atoms with E-state index in [0.29, 0.717) is 40.8 Å². The van der Waals surface area contributed by atoms with Crippen LogP contribution < -0.4 is 4.74 Å². The molecule has 1 aliphatic carbocycles. The van der Waals surface area contributed by atoms with Gasteiger partial charge < -0.3 is 24.2 Å². The number of carbonyl (C=O) groups excluding carboxylic acids is 1. The van der Waals surface area contributed by atoms with E-state index in [9.17, 15) is 13.2 Å². The topological polar surface area (TPSA) is 82.6 Å². The summed E-state index contributed by atoms with van der Waals surface area (Å²) < 4.78 is 36.3. The lowest BCUT2D eigenvalue weighted by Gasteiger charge is -2.37. The Morgan fingerprint density at radius 2 is 1.52 bits per heavy atom. The van der Waals surface area contributed by atoms with Gasteiger partial charge in [-0.05, 0) is 88.6 Å². The van der Waals surface area contributed by atoms with Gasteiger partial charge >= 0.3 is 0 Å². The van der Waals surface area contributed by atoms with Crippen molar-refractivity contribution in [1.29, 1.82) is 0 Å². The Kier molecular flexibility index (Phi) is 14.4. The van der Waals surface area contributed by atoms with Crippen LogP contribution in [0.4, 0.5) is 0 Å². The van der Waals surface area contributed by atoms with Gasteiger partial charge in [0, 0.05) is 66.5 Å². The van der Waals surface area contributed by atoms with Crippen molar-refractivity contribution < 1.29 is 22.7 Å². The van der Waals surface area contributed by atoms with Gasteiger partial charge in [-0.2, -0.15) is 0 Å². The van der Waals surface area contributed by atoms with Crippen LogP contribution in [-0.4, -0.2) is 121 Å². The minimum atomic E-state index is -3.40. The Bertz CT molecular complexity index is 996. The number of piperazine rings is 1. The summed E-state index contributed by atoms with van der Waals surface area (Å²) in [5, 5.41) is 0. The first-order valence-corrected chi connectivity index (χ1v) is 16.2. The van der Waals surface area contributed by atoms with E-state index in [2.05, 4.69) is 16.8 Å². The summed E-state index contributed by atoms with van der Waals surface area (Å²) >= 11 is 0. The minimum absolute atomic E-state index is 0.117. The second kappa shape index (κ2) is 16.7. The fraction of sp³-hybridized carbons (Fsp3) is 0.767. The second-order valence-electron chi connectivity index (χ2n) is 11.4. The van der Waals surface area contributed by atoms with Crippen molar-refractivity contribution in [2.45, 2.75) is 58.3 Å². The zero-order valence-corrected chi connectivity index (χ0v) is 27.1. The molecule has 3 rings (SSSR count). The summed E-state index contributed by atoms with van der Waals surface area (Å²) in [7, 11) is 3.88. The third-order valence-electron chi connectivity index (χ3n) is 8.25. The average molecular weight is 583 g/mol. The number of ether oxygens (including phenoxy) is 2. The number of rotatable bonds is 11. The fourth-order valence-corrected chi connectivity index (χ4v) is 7.13. The van der Waals surface area contributed by atoms with Crippen molar-refractivity contribution >= 4 is 15.9 Å². The smallest absolute Gasteiger partial charge is 0.248 e. The summed E-state index contributed by atoms with van der Waals surface area (Å²) in [4.78, 5) is 19.2. The summed E-state index contributed by atoms with van der Waals surface area (Å²) in [6.45, 7) is 15.6. The molecular weight excluding hydrogens is 528 g/mol. The molecule has 0 unspecified atom stereocenters. The Labute approximate surface area is 243 Å². The normalized spacial score (nSPS) is 20.6. The fourth-order valence-electron chi connectivity index (χ4n) is 5.54. The maximum absolute atomic E-state index is 12.3. The van der Waals surface area contributed by atoms with E-state index in [1.54, 1.807) is 40.1 Å². The van der Waals surface area contributed by atoms with Crippen molar-refractivity contribution in [2.75, 3.05) is 87.3 Å². The van der Waals surface area contributed by atoms with Gasteiger partial charge in [0.2, 0.25) is 15.9 Å². The van der Waals surface area contributed by atoms with Crippen molar-refractivity contribution in [3.05, 3.63) is 23.3 Å². The molecule has 1 aromatic rings. The number of hydrogen-bond acceptors (Lipinski definition) is 7. The Hall–Kier alpha value is -1.72. The largest absolute Gasteiger partial charge is 0.497 e. The number of benzene rings is 1. The first kappa shape index (κ1) is 34.5. The van der Waals surface area contributed by atoms with E-state index < -0.39 is 10.0 Å². The Morgan fingerprint density at radius 3 is 2.02 bits per heavy atom. The maximum atomic E-state index is 12.3. The molecule has 0 aromatic heterocycles. The maximum Gasteiger partial charge on any atom is 0.248 e. The molecule has 1 heterocycles. The molecule has 1 aromatic carbocycles. The van der Waals surface area contributed by atoms with Crippen LogP contribution in [0.1, 0.15) is 50.7 Å². The van der Waals surface area contributed by atoms with Gasteiger partial charge in [0.05, 0.1) is 12.0 Å². The number of aryl methyl sites for hydroxylation is 2. The number of carbonyl (C=O) groups is 1. The zero-order chi connectivity index (χ0) is 29.9. The lowest BCUT2D eigenvalue weighted by molar-refractivity contribution is -0.135. The molecule has 9 nitrogen and oxygen atoms in total. The minimum Gasteiger partial charge on any atom is -0.497 e. The lowest BCUT2D eigenvalue weighted by Crippen LogP contribution is -2.46. The summed E-state index contributed by atoms with van der Waals surface area (Å²) in [6, 6.07) is 3.48. The van der Waals surface area contributed by atoms with Crippen molar-refractivity contribution in [3.63, 3.8) is 0 Å². The molecule has 0 atom stereocenters. The lowest BCUT2D eigenvalue weighted by atomic mass is 9.81. The van der Waals surface area contributed by atoms with Gasteiger partial charge in [0.1, 0.15) is 12.4 Å². The molecule has 2 fully saturated rings. The summed E-state index contributed by atoms with van der Waals surface area (Å²) in [5.74, 6) is 2.33. The number of nitrogens with zero attached hydrogens (tertiary/aromatic N) is 4. The first-order chi connectivity index (χ1) is 18.9. The highest BCUT2D eigenvalue weighted by atomic mass is 32.2. The van der Waals surface area contributed by atoms with Crippen molar-refractivity contribution in [3.8, 4) is 5.75 Å². The van der Waals surface area contributed by atoms with Crippen LogP contribution in [0.25, 0.3) is 0 Å². The molecule has 230 valence electrons. The van der Waals surface area contributed by atoms with Gasteiger partial charge in [0.25, 0.3) is 0 Å². The van der Waals surface area contributed by atoms with Crippen LogP contribution >= 0.6 is 0 Å². The quantitative estimate of drug-likeness (QED) is 0.395. The highest BCUT2D eigenvalue weighted by Gasteiger charge is 2.26. The molecule has 1 saturated carbocycles. The number of amides is 1. The highest BCUT2D eigenvalue weighted by molar-refractivity contribution is 7.89. The number of hydrogen-bond donors (Lipinski definition) is 0. The van der Waals surface area contributed by atoms with E-state index in [-0.39, 0.29) is 12.5 Å². The van der Waals surface area contributed by atoms with Crippen LogP contribution in [0, 0.1) is 25.7 Å². The van der Waals surface area contributed by atoms with Gasteiger partial charge in [-0.25, -0.2) is 12.7 Å². The Balaban J connectivity index is 0.000000294. The molecule has 1 amide bonds. The van der Waals surface area contributed by atoms with E-state index in [1.807, 2.05) is 25.8 Å². The molecule has 0 spiro atoms. The Morgan fingerprint density at radius 1 is 0.975 bits per heavy atom. The highest BCUT2D eigenvalue weighted by Crippen LogP contribution is 2.30. The van der Waals surface area contributed by atoms with Gasteiger partial charge in [-0.1, -0.05) is 6.92 Å². The summed E-state index contributed by atoms with van der Waals surface area (Å²) in [5.41, 5.74) is 1.42. The van der Waals surface area contributed by atoms with Gasteiger partial charge in [0.15, 0.2) is 0 Å². The van der Waals surface area contributed by atoms with Crippen LogP contribution in [-0.2, 0) is 19.6 Å². The third-order valence-corrected chi connectivity index (χ3v) is 10.5. The zero-order valence-electron chi connectivity index (χ0n) is 26.2. The van der Waals surface area contributed by atoms with Crippen molar-refractivity contribution in [1.82, 2.24) is 19.0 Å². The predicted octanol–water partition coefficient (Wildman–Crippen LogP) is 3.49. The number of sulfonamides is 1. The molecule has 0 N–H and O–H groups in total. The average Bonchev–Trinajstić information content (AvgIpc) is 2.93. The van der Waals surface area contributed by atoms with E-state index in [1.165, 1.54) is 62.7 Å². The third kappa shape index (κ3) is 10.3. The van der Waals surface area contributed by atoms with Crippen LogP contribution in [0.15, 0.2) is 17.0 Å². The van der Waals surface area contributed by atoms with Crippen LogP contribution in [0.2, 0.25) is 0 Å². The van der Waals surface area contributed by atoms with Crippen LogP contribution in [0.3, 0.4) is 0 Å². The number of methoxy groups -OCH3 is 1. The SMILES string of the molecule is CCN(C)S(=O)(=O)c1c(C)cc(OC)cc1C.CCOCC(=O)N(C)CC1CCC(CN2CCN(C)CC2)CC1. The monoisotopic (exact) mass is 582 g/mol. The van der Waals surface area contributed by atoms with E-state index >= 15 is 0 Å². The van der Waals surface area contributed by atoms with Gasteiger partial charge in [-0.3, -0.25) is 4.79 Å².